The molecule has 21 heavy (non-hydrogen) atoms. The van der Waals surface area contributed by atoms with Crippen molar-refractivity contribution < 1.29 is 9.53 Å². The van der Waals surface area contributed by atoms with E-state index in [1.807, 2.05) is 0 Å². The summed E-state index contributed by atoms with van der Waals surface area (Å²) in [5, 5.41) is 3.43. The van der Waals surface area contributed by atoms with Crippen molar-refractivity contribution in [3.05, 3.63) is 29.3 Å². The molecule has 0 spiro atoms. The van der Waals surface area contributed by atoms with Gasteiger partial charge in [0.15, 0.2) is 0 Å². The van der Waals surface area contributed by atoms with Crippen LogP contribution in [0.4, 0.5) is 10.5 Å². The molecule has 2 aliphatic carbocycles. The molecule has 1 aromatic rings. The van der Waals surface area contributed by atoms with Crippen molar-refractivity contribution in [1.29, 1.82) is 0 Å². The van der Waals surface area contributed by atoms with Crippen LogP contribution in [0.15, 0.2) is 24.3 Å². The summed E-state index contributed by atoms with van der Waals surface area (Å²) in [4.78, 5) is 12.0. The number of hydrogen-bond acceptors (Lipinski definition) is 2. The van der Waals surface area contributed by atoms with Gasteiger partial charge in [0.2, 0.25) is 0 Å². The average Bonchev–Trinajstić information content (AvgIpc) is 2.49. The Kier molecular flexibility index (Phi) is 4.69. The maximum Gasteiger partial charge on any atom is 0.411 e. The predicted octanol–water partition coefficient (Wildman–Crippen LogP) is 5.25. The van der Waals surface area contributed by atoms with E-state index in [0.29, 0.717) is 5.02 Å². The number of halogens is 1. The summed E-state index contributed by atoms with van der Waals surface area (Å²) in [6.45, 7) is 0. The average molecular weight is 308 g/mol. The minimum Gasteiger partial charge on any atom is -0.446 e. The van der Waals surface area contributed by atoms with Crippen LogP contribution < -0.4 is 5.32 Å². The molecule has 0 bridgehead atoms. The predicted molar refractivity (Wildman–Crippen MR) is 84.6 cm³/mol. The second-order valence-corrected chi connectivity index (χ2v) is 6.71. The van der Waals surface area contributed by atoms with Crippen LogP contribution in [-0.2, 0) is 4.74 Å². The van der Waals surface area contributed by atoms with Crippen molar-refractivity contribution in [2.24, 2.45) is 11.8 Å². The highest BCUT2D eigenvalue weighted by Crippen LogP contribution is 2.41. The minimum absolute atomic E-state index is 0.0802. The van der Waals surface area contributed by atoms with Gasteiger partial charge in [0, 0.05) is 10.7 Å². The summed E-state index contributed by atoms with van der Waals surface area (Å²) >= 11 is 5.82. The lowest BCUT2D eigenvalue weighted by Crippen LogP contribution is -2.33. The number of nitrogens with one attached hydrogen (secondary N) is 1. The second kappa shape index (κ2) is 6.69. The molecule has 114 valence electrons. The molecular weight excluding hydrogens is 286 g/mol. The number of fused-ring (bicyclic) bond motifs is 1. The van der Waals surface area contributed by atoms with E-state index in [9.17, 15) is 4.79 Å². The Morgan fingerprint density at radius 1 is 1.05 bits per heavy atom. The molecule has 1 amide bonds. The third-order valence-corrected chi connectivity index (χ3v) is 5.11. The Morgan fingerprint density at radius 2 is 1.76 bits per heavy atom. The van der Waals surface area contributed by atoms with E-state index < -0.39 is 0 Å². The van der Waals surface area contributed by atoms with E-state index in [1.165, 1.54) is 32.1 Å². The van der Waals surface area contributed by atoms with Gasteiger partial charge in [-0.05, 0) is 55.4 Å². The van der Waals surface area contributed by atoms with Crippen LogP contribution in [0.5, 0.6) is 0 Å². The molecule has 1 N–H and O–H groups in total. The topological polar surface area (TPSA) is 38.3 Å². The SMILES string of the molecule is O=C(Nc1ccc(Cl)cc1)O[C@@H]1CC[C@H]2CCCC[C@H]2C1. The number of amides is 1. The van der Waals surface area contributed by atoms with E-state index in [2.05, 4.69) is 5.32 Å². The van der Waals surface area contributed by atoms with Crippen LogP contribution in [0.2, 0.25) is 5.02 Å². The Balaban J connectivity index is 1.49. The van der Waals surface area contributed by atoms with Crippen LogP contribution in [0, 0.1) is 11.8 Å². The smallest absolute Gasteiger partial charge is 0.411 e. The van der Waals surface area contributed by atoms with Gasteiger partial charge in [0.25, 0.3) is 0 Å². The van der Waals surface area contributed by atoms with Gasteiger partial charge >= 0.3 is 6.09 Å². The molecule has 0 radical (unpaired) electrons. The second-order valence-electron chi connectivity index (χ2n) is 6.28. The van der Waals surface area contributed by atoms with Crippen molar-refractivity contribution in [3.63, 3.8) is 0 Å². The lowest BCUT2D eigenvalue weighted by molar-refractivity contribution is 0.0339. The van der Waals surface area contributed by atoms with Crippen molar-refractivity contribution in [2.75, 3.05) is 5.32 Å². The van der Waals surface area contributed by atoms with Gasteiger partial charge in [-0.2, -0.15) is 0 Å². The normalized spacial score (nSPS) is 28.5. The highest BCUT2D eigenvalue weighted by molar-refractivity contribution is 6.30. The molecule has 0 aliphatic heterocycles. The zero-order valence-corrected chi connectivity index (χ0v) is 12.9. The Labute approximate surface area is 131 Å². The van der Waals surface area contributed by atoms with Gasteiger partial charge in [0.1, 0.15) is 6.10 Å². The number of ether oxygens (including phenoxy) is 1. The molecule has 0 saturated heterocycles. The zero-order valence-electron chi connectivity index (χ0n) is 12.2. The number of benzene rings is 1. The van der Waals surface area contributed by atoms with Gasteiger partial charge in [-0.3, -0.25) is 5.32 Å². The van der Waals surface area contributed by atoms with Gasteiger partial charge in [-0.25, -0.2) is 4.79 Å². The summed E-state index contributed by atoms with van der Waals surface area (Å²) in [5.41, 5.74) is 0.718. The van der Waals surface area contributed by atoms with E-state index in [4.69, 9.17) is 16.3 Å². The van der Waals surface area contributed by atoms with Crippen molar-refractivity contribution in [3.8, 4) is 0 Å². The van der Waals surface area contributed by atoms with E-state index in [0.717, 1.165) is 30.4 Å². The number of hydrogen-bond donors (Lipinski definition) is 1. The highest BCUT2D eigenvalue weighted by Gasteiger charge is 2.33. The molecule has 2 saturated carbocycles. The third-order valence-electron chi connectivity index (χ3n) is 4.86. The van der Waals surface area contributed by atoms with Gasteiger partial charge in [0.05, 0.1) is 0 Å². The molecule has 0 aromatic heterocycles. The fraction of sp³-hybridized carbons (Fsp3) is 0.588. The number of rotatable bonds is 2. The Bertz CT molecular complexity index is 488. The monoisotopic (exact) mass is 307 g/mol. The first kappa shape index (κ1) is 14.7. The standard InChI is InChI=1S/C17H22ClNO2/c18-14-6-8-15(9-7-14)19-17(20)21-16-10-5-12-3-1-2-4-13(12)11-16/h6-9,12-13,16H,1-5,10-11H2,(H,19,20)/t12-,13+,16-/m1/s1. The molecule has 2 fully saturated rings. The first-order chi connectivity index (χ1) is 10.2. The molecule has 3 atom stereocenters. The molecule has 4 heteroatoms. The Hall–Kier alpha value is -1.22. The number of carbonyl (C=O) groups is 1. The summed E-state index contributed by atoms with van der Waals surface area (Å²) in [6, 6.07) is 7.07. The largest absolute Gasteiger partial charge is 0.446 e. The maximum atomic E-state index is 12.0. The summed E-state index contributed by atoms with van der Waals surface area (Å²) in [5.74, 6) is 1.64. The van der Waals surface area contributed by atoms with Crippen LogP contribution in [0.25, 0.3) is 0 Å². The summed E-state index contributed by atoms with van der Waals surface area (Å²) in [6.07, 6.45) is 8.39. The highest BCUT2D eigenvalue weighted by atomic mass is 35.5. The van der Waals surface area contributed by atoms with Crippen molar-refractivity contribution in [1.82, 2.24) is 0 Å². The fourth-order valence-corrected chi connectivity index (χ4v) is 3.90. The van der Waals surface area contributed by atoms with E-state index in [1.54, 1.807) is 24.3 Å². The lowest BCUT2D eigenvalue weighted by atomic mass is 9.70. The maximum absolute atomic E-state index is 12.0. The fourth-order valence-electron chi connectivity index (χ4n) is 3.77. The van der Waals surface area contributed by atoms with Crippen molar-refractivity contribution in [2.45, 2.75) is 51.0 Å². The van der Waals surface area contributed by atoms with Gasteiger partial charge in [-0.15, -0.1) is 0 Å². The lowest BCUT2D eigenvalue weighted by Gasteiger charge is -2.38. The zero-order chi connectivity index (χ0) is 14.7. The van der Waals surface area contributed by atoms with E-state index >= 15 is 0 Å². The van der Waals surface area contributed by atoms with Crippen molar-refractivity contribution >= 4 is 23.4 Å². The summed E-state index contributed by atoms with van der Waals surface area (Å²) in [7, 11) is 0. The molecule has 0 heterocycles. The molecule has 2 aliphatic rings. The first-order valence-electron chi connectivity index (χ1n) is 7.94. The molecular formula is C17H22ClNO2. The van der Waals surface area contributed by atoms with Crippen LogP contribution in [0.3, 0.4) is 0 Å². The van der Waals surface area contributed by atoms with Crippen LogP contribution >= 0.6 is 11.6 Å². The van der Waals surface area contributed by atoms with Crippen LogP contribution in [-0.4, -0.2) is 12.2 Å². The van der Waals surface area contributed by atoms with E-state index in [-0.39, 0.29) is 12.2 Å². The molecule has 3 nitrogen and oxygen atoms in total. The minimum atomic E-state index is -0.350. The number of anilines is 1. The Morgan fingerprint density at radius 3 is 2.52 bits per heavy atom. The third kappa shape index (κ3) is 3.91. The molecule has 3 rings (SSSR count). The number of carbonyl (C=O) groups excluding carboxylic acids is 1. The molecule has 1 aromatic carbocycles. The quantitative estimate of drug-likeness (QED) is 0.810. The van der Waals surface area contributed by atoms with Crippen LogP contribution in [0.1, 0.15) is 44.9 Å². The van der Waals surface area contributed by atoms with Gasteiger partial charge in [-0.1, -0.05) is 37.3 Å². The summed E-state index contributed by atoms with van der Waals surface area (Å²) < 4.78 is 5.59. The van der Waals surface area contributed by atoms with Gasteiger partial charge < -0.3 is 4.74 Å². The first-order valence-corrected chi connectivity index (χ1v) is 8.32. The molecule has 0 unspecified atom stereocenters.